The zero-order chi connectivity index (χ0) is 14.8. The quantitative estimate of drug-likeness (QED) is 0.939. The molecule has 0 aliphatic carbocycles. The minimum Gasteiger partial charge on any atom is -0.473 e. The molecular formula is C13H13F3N2O2. The number of alkyl halides is 3. The number of rotatable bonds is 4. The van der Waals surface area contributed by atoms with E-state index in [9.17, 15) is 13.2 Å². The average molecular weight is 286 g/mol. The van der Waals surface area contributed by atoms with E-state index in [1.807, 2.05) is 18.2 Å². The molecule has 1 aromatic heterocycles. The third kappa shape index (κ3) is 3.30. The Hall–Kier alpha value is -2.02. The van der Waals surface area contributed by atoms with Crippen LogP contribution < -0.4 is 4.74 Å². The first-order valence-corrected chi connectivity index (χ1v) is 5.87. The molecule has 0 fully saturated rings. The lowest BCUT2D eigenvalue weighted by atomic mass is 10.3. The lowest BCUT2D eigenvalue weighted by Crippen LogP contribution is -2.34. The number of hydrogen-bond acceptors (Lipinski definition) is 3. The number of nitrogens with zero attached hydrogens (tertiary/aromatic N) is 2. The highest BCUT2D eigenvalue weighted by Crippen LogP contribution is 2.22. The molecule has 0 amide bonds. The van der Waals surface area contributed by atoms with Gasteiger partial charge in [0.05, 0.1) is 5.69 Å². The van der Waals surface area contributed by atoms with Gasteiger partial charge in [0.1, 0.15) is 6.61 Å². The van der Waals surface area contributed by atoms with Crippen LogP contribution in [0.2, 0.25) is 0 Å². The second-order valence-corrected chi connectivity index (χ2v) is 4.27. The molecule has 0 unspecified atom stereocenters. The summed E-state index contributed by atoms with van der Waals surface area (Å²) in [5.41, 5.74) is 1.35. The van der Waals surface area contributed by atoms with Crippen molar-refractivity contribution < 1.29 is 23.0 Å². The topological polar surface area (TPSA) is 47.3 Å². The van der Waals surface area contributed by atoms with Gasteiger partial charge in [-0.05, 0) is 19.1 Å². The van der Waals surface area contributed by atoms with Gasteiger partial charge in [-0.2, -0.15) is 13.2 Å². The summed E-state index contributed by atoms with van der Waals surface area (Å²) in [5.74, 6) is 0.0668. The molecule has 0 spiro atoms. The van der Waals surface area contributed by atoms with Gasteiger partial charge in [-0.3, -0.25) is 0 Å². The van der Waals surface area contributed by atoms with Gasteiger partial charge in [0.15, 0.2) is 6.10 Å². The van der Waals surface area contributed by atoms with Crippen LogP contribution in [0, 0.1) is 6.92 Å². The molecule has 1 atom stereocenters. The normalized spacial score (nSPS) is 13.2. The van der Waals surface area contributed by atoms with Crippen LogP contribution in [-0.4, -0.2) is 33.8 Å². The van der Waals surface area contributed by atoms with Crippen LogP contribution in [0.25, 0.3) is 5.69 Å². The fraction of sp³-hybridized carbons (Fsp3) is 0.308. The van der Waals surface area contributed by atoms with Gasteiger partial charge in [-0.25, -0.2) is 4.68 Å². The maximum absolute atomic E-state index is 12.2. The standard InChI is InChI=1S/C13H13F3N2O2/c1-9-7-18(10-5-3-2-4-6-10)17-12(9)20-8-11(19)13(14,15)16/h2-7,11,19H,8H2,1H3/t11-/m0/s1. The predicted octanol–water partition coefficient (Wildman–Crippen LogP) is 2.48. The Bertz CT molecular complexity index is 567. The minimum absolute atomic E-state index is 0.0668. The molecule has 0 aliphatic heterocycles. The van der Waals surface area contributed by atoms with E-state index in [1.54, 1.807) is 25.3 Å². The van der Waals surface area contributed by atoms with Crippen LogP contribution in [0.4, 0.5) is 13.2 Å². The SMILES string of the molecule is Cc1cn(-c2ccccc2)nc1OC[C@H](O)C(F)(F)F. The van der Waals surface area contributed by atoms with Gasteiger partial charge in [0, 0.05) is 11.8 Å². The molecule has 0 bridgehead atoms. The van der Waals surface area contributed by atoms with Gasteiger partial charge in [-0.15, -0.1) is 5.10 Å². The van der Waals surface area contributed by atoms with E-state index >= 15 is 0 Å². The summed E-state index contributed by atoms with van der Waals surface area (Å²) >= 11 is 0. The van der Waals surface area contributed by atoms with E-state index in [-0.39, 0.29) is 5.88 Å². The molecule has 2 rings (SSSR count). The Labute approximate surface area is 113 Å². The first kappa shape index (κ1) is 14.4. The van der Waals surface area contributed by atoms with E-state index in [2.05, 4.69) is 5.10 Å². The lowest BCUT2D eigenvalue weighted by molar-refractivity contribution is -0.210. The Morgan fingerprint density at radius 2 is 1.95 bits per heavy atom. The highest BCUT2D eigenvalue weighted by Gasteiger charge is 2.38. The first-order chi connectivity index (χ1) is 9.38. The van der Waals surface area contributed by atoms with Crippen LogP contribution in [0.5, 0.6) is 5.88 Å². The van der Waals surface area contributed by atoms with Gasteiger partial charge < -0.3 is 9.84 Å². The Morgan fingerprint density at radius 1 is 1.30 bits per heavy atom. The summed E-state index contributed by atoms with van der Waals surface area (Å²) in [6.45, 7) is 0.790. The molecule has 4 nitrogen and oxygen atoms in total. The number of benzene rings is 1. The van der Waals surface area contributed by atoms with Crippen molar-refractivity contribution in [2.24, 2.45) is 0 Å². The molecule has 7 heteroatoms. The Balaban J connectivity index is 2.09. The van der Waals surface area contributed by atoms with E-state index in [0.29, 0.717) is 5.56 Å². The Kier molecular flexibility index (Phi) is 3.99. The highest BCUT2D eigenvalue weighted by molar-refractivity contribution is 5.34. The summed E-state index contributed by atoms with van der Waals surface area (Å²) in [6.07, 6.45) is -5.58. The van der Waals surface area contributed by atoms with Crippen LogP contribution >= 0.6 is 0 Å². The van der Waals surface area contributed by atoms with Gasteiger partial charge in [0.25, 0.3) is 0 Å². The summed E-state index contributed by atoms with van der Waals surface area (Å²) in [6, 6.07) is 9.10. The number of aliphatic hydroxyl groups excluding tert-OH is 1. The van der Waals surface area contributed by atoms with Crippen LogP contribution in [-0.2, 0) is 0 Å². The fourth-order valence-corrected chi connectivity index (χ4v) is 1.55. The van der Waals surface area contributed by atoms with Crippen molar-refractivity contribution in [3.8, 4) is 11.6 Å². The summed E-state index contributed by atoms with van der Waals surface area (Å²) in [5, 5.41) is 12.9. The molecule has 0 saturated heterocycles. The third-order valence-electron chi connectivity index (χ3n) is 2.63. The van der Waals surface area contributed by atoms with Gasteiger partial charge in [0.2, 0.25) is 5.88 Å². The highest BCUT2D eigenvalue weighted by atomic mass is 19.4. The Morgan fingerprint density at radius 3 is 2.55 bits per heavy atom. The number of ether oxygens (including phenoxy) is 1. The number of aromatic nitrogens is 2. The number of aliphatic hydroxyl groups is 1. The molecule has 0 radical (unpaired) electrons. The van der Waals surface area contributed by atoms with E-state index < -0.39 is 18.9 Å². The van der Waals surface area contributed by atoms with Crippen LogP contribution in [0.1, 0.15) is 5.56 Å². The maximum atomic E-state index is 12.2. The second-order valence-electron chi connectivity index (χ2n) is 4.27. The minimum atomic E-state index is -4.70. The molecular weight excluding hydrogens is 273 g/mol. The molecule has 1 aromatic carbocycles. The van der Waals surface area contributed by atoms with Crippen molar-refractivity contribution in [1.82, 2.24) is 9.78 Å². The summed E-state index contributed by atoms with van der Waals surface area (Å²) in [4.78, 5) is 0. The summed E-state index contributed by atoms with van der Waals surface area (Å²) in [7, 11) is 0. The van der Waals surface area contributed by atoms with Crippen LogP contribution in [0.15, 0.2) is 36.5 Å². The lowest BCUT2D eigenvalue weighted by Gasteiger charge is -2.14. The maximum Gasteiger partial charge on any atom is 0.417 e. The van der Waals surface area contributed by atoms with Gasteiger partial charge in [-0.1, -0.05) is 18.2 Å². The monoisotopic (exact) mass is 286 g/mol. The average Bonchev–Trinajstić information content (AvgIpc) is 2.77. The smallest absolute Gasteiger partial charge is 0.417 e. The molecule has 0 saturated carbocycles. The van der Waals surface area contributed by atoms with E-state index in [1.165, 1.54) is 4.68 Å². The van der Waals surface area contributed by atoms with Crippen molar-refractivity contribution in [3.63, 3.8) is 0 Å². The van der Waals surface area contributed by atoms with Gasteiger partial charge >= 0.3 is 6.18 Å². The number of halogens is 3. The fourth-order valence-electron chi connectivity index (χ4n) is 1.55. The van der Waals surface area contributed by atoms with E-state index in [0.717, 1.165) is 5.69 Å². The zero-order valence-corrected chi connectivity index (χ0v) is 10.6. The predicted molar refractivity (Wildman–Crippen MR) is 65.9 cm³/mol. The molecule has 108 valence electrons. The molecule has 1 heterocycles. The van der Waals surface area contributed by atoms with Crippen molar-refractivity contribution in [3.05, 3.63) is 42.1 Å². The molecule has 0 aliphatic rings. The van der Waals surface area contributed by atoms with Crippen molar-refractivity contribution in [2.75, 3.05) is 6.61 Å². The number of aryl methyl sites for hydroxylation is 1. The largest absolute Gasteiger partial charge is 0.473 e. The number of hydrogen-bond donors (Lipinski definition) is 1. The van der Waals surface area contributed by atoms with Crippen molar-refractivity contribution in [2.45, 2.75) is 19.2 Å². The summed E-state index contributed by atoms with van der Waals surface area (Å²) < 4.78 is 42.9. The van der Waals surface area contributed by atoms with Crippen molar-refractivity contribution >= 4 is 0 Å². The zero-order valence-electron chi connectivity index (χ0n) is 10.6. The molecule has 2 aromatic rings. The number of para-hydroxylation sites is 1. The second kappa shape index (κ2) is 5.54. The third-order valence-corrected chi connectivity index (χ3v) is 2.63. The first-order valence-electron chi connectivity index (χ1n) is 5.87. The molecule has 1 N–H and O–H groups in total. The molecule has 20 heavy (non-hydrogen) atoms. The van der Waals surface area contributed by atoms with Crippen LogP contribution in [0.3, 0.4) is 0 Å². The van der Waals surface area contributed by atoms with Crippen molar-refractivity contribution in [1.29, 1.82) is 0 Å². The van der Waals surface area contributed by atoms with E-state index in [4.69, 9.17) is 9.84 Å².